The van der Waals surface area contributed by atoms with Crippen molar-refractivity contribution >= 4 is 11.8 Å². The van der Waals surface area contributed by atoms with Gasteiger partial charge in [-0.15, -0.1) is 0 Å². The number of pyridine rings is 1. The van der Waals surface area contributed by atoms with E-state index in [1.54, 1.807) is 18.3 Å². The zero-order valence-electron chi connectivity index (χ0n) is 19.1. The van der Waals surface area contributed by atoms with E-state index in [0.717, 1.165) is 51.6 Å². The predicted octanol–water partition coefficient (Wildman–Crippen LogP) is 3.26. The molecule has 3 aliphatic rings. The van der Waals surface area contributed by atoms with Crippen molar-refractivity contribution in [2.45, 2.75) is 71.4 Å². The summed E-state index contributed by atoms with van der Waals surface area (Å²) in [6.07, 6.45) is 7.09. The van der Waals surface area contributed by atoms with Gasteiger partial charge in [0.05, 0.1) is 6.10 Å². The fraction of sp³-hybridized carbons (Fsp3) is 0.720. The third-order valence-electron chi connectivity index (χ3n) is 8.55. The van der Waals surface area contributed by atoms with Gasteiger partial charge in [0.2, 0.25) is 5.91 Å². The van der Waals surface area contributed by atoms with Gasteiger partial charge in [0.1, 0.15) is 5.69 Å². The van der Waals surface area contributed by atoms with E-state index in [0.29, 0.717) is 5.69 Å². The van der Waals surface area contributed by atoms with Gasteiger partial charge < -0.3 is 15.3 Å². The molecule has 0 aromatic carbocycles. The Morgan fingerprint density at radius 2 is 1.94 bits per heavy atom. The number of aromatic nitrogens is 1. The second kappa shape index (κ2) is 8.89. The van der Waals surface area contributed by atoms with E-state index in [1.807, 2.05) is 17.9 Å². The van der Waals surface area contributed by atoms with Crippen LogP contribution in [0.2, 0.25) is 0 Å². The van der Waals surface area contributed by atoms with Gasteiger partial charge >= 0.3 is 0 Å². The van der Waals surface area contributed by atoms with E-state index >= 15 is 0 Å². The summed E-state index contributed by atoms with van der Waals surface area (Å²) >= 11 is 0. The van der Waals surface area contributed by atoms with Gasteiger partial charge in [0.15, 0.2) is 0 Å². The van der Waals surface area contributed by atoms with Crippen LogP contribution in [0.15, 0.2) is 24.4 Å². The number of amides is 2. The predicted molar refractivity (Wildman–Crippen MR) is 119 cm³/mol. The number of carbonyl (C=O) groups is 2. The number of aliphatic hydroxyl groups excluding tert-OH is 1. The maximum Gasteiger partial charge on any atom is 0.270 e. The van der Waals surface area contributed by atoms with Crippen LogP contribution in [0.25, 0.3) is 0 Å². The van der Waals surface area contributed by atoms with Crippen molar-refractivity contribution in [3.63, 3.8) is 0 Å². The molecule has 6 nitrogen and oxygen atoms in total. The second-order valence-electron chi connectivity index (χ2n) is 10.4. The third kappa shape index (κ3) is 4.23. The first-order valence-electron chi connectivity index (χ1n) is 12.0. The molecule has 7 atom stereocenters. The summed E-state index contributed by atoms with van der Waals surface area (Å²) in [4.78, 5) is 31.9. The van der Waals surface area contributed by atoms with Gasteiger partial charge in [0, 0.05) is 31.2 Å². The monoisotopic (exact) mass is 427 g/mol. The van der Waals surface area contributed by atoms with Crippen molar-refractivity contribution in [2.24, 2.45) is 29.1 Å². The molecule has 2 amide bonds. The maximum absolute atomic E-state index is 13.0. The minimum absolute atomic E-state index is 0.00516. The van der Waals surface area contributed by atoms with E-state index in [-0.39, 0.29) is 46.9 Å². The molecule has 4 rings (SSSR count). The zero-order chi connectivity index (χ0) is 22.2. The van der Waals surface area contributed by atoms with Crippen molar-refractivity contribution in [1.29, 1.82) is 0 Å². The van der Waals surface area contributed by atoms with E-state index in [2.05, 4.69) is 24.1 Å². The van der Waals surface area contributed by atoms with Crippen LogP contribution in [0.5, 0.6) is 0 Å². The number of nitrogens with zero attached hydrogens (tertiary/aromatic N) is 2. The third-order valence-corrected chi connectivity index (χ3v) is 8.55. The Labute approximate surface area is 185 Å². The molecule has 0 unspecified atom stereocenters. The van der Waals surface area contributed by atoms with Crippen LogP contribution in [0.4, 0.5) is 0 Å². The molecule has 1 aliphatic heterocycles. The quantitative estimate of drug-likeness (QED) is 0.773. The summed E-state index contributed by atoms with van der Waals surface area (Å²) in [5.74, 6) is 0.0856. The Kier molecular flexibility index (Phi) is 6.38. The Bertz CT molecular complexity index is 794. The Balaban J connectivity index is 1.48. The molecule has 0 radical (unpaired) electrons. The van der Waals surface area contributed by atoms with Crippen LogP contribution in [0.3, 0.4) is 0 Å². The molecule has 6 heteroatoms. The fourth-order valence-electron chi connectivity index (χ4n) is 6.65. The number of hydrogen-bond donors (Lipinski definition) is 2. The first-order valence-corrected chi connectivity index (χ1v) is 12.0. The normalized spacial score (nSPS) is 36.5. The summed E-state index contributed by atoms with van der Waals surface area (Å²) in [6, 6.07) is 5.35. The summed E-state index contributed by atoms with van der Waals surface area (Å²) in [7, 11) is 0. The zero-order valence-corrected chi connectivity index (χ0v) is 19.1. The standard InChI is InChI=1S/C25H37N3O3/c1-16(24(31)28-14-6-7-15-28)18-9-11-25(3)12-10-19(17(2)21(25)22(18)29)27-23(30)20-8-4-5-13-26-20/h4-5,8,13,16-19,21-22,29H,6-7,9-12,14-15H2,1-3H3,(H,27,30)/t16-,17-,18+,19-,21+,22-,25+/m0/s1. The van der Waals surface area contributed by atoms with Crippen LogP contribution in [-0.4, -0.2) is 52.0 Å². The molecule has 1 aromatic heterocycles. The minimum Gasteiger partial charge on any atom is -0.392 e. The lowest BCUT2D eigenvalue weighted by Gasteiger charge is -2.56. The molecular weight excluding hydrogens is 390 g/mol. The fourth-order valence-corrected chi connectivity index (χ4v) is 6.65. The minimum atomic E-state index is -0.523. The number of nitrogens with one attached hydrogen (secondary N) is 1. The maximum atomic E-state index is 13.0. The Morgan fingerprint density at radius 3 is 2.61 bits per heavy atom. The average Bonchev–Trinajstić information content (AvgIpc) is 3.30. The van der Waals surface area contributed by atoms with Crippen molar-refractivity contribution in [1.82, 2.24) is 15.2 Å². The molecule has 0 bridgehead atoms. The number of aliphatic hydroxyl groups is 1. The summed E-state index contributed by atoms with van der Waals surface area (Å²) in [6.45, 7) is 8.16. The number of rotatable bonds is 4. The number of fused-ring (bicyclic) bond motifs is 1. The van der Waals surface area contributed by atoms with Crippen molar-refractivity contribution in [2.75, 3.05) is 13.1 Å². The molecule has 2 saturated carbocycles. The number of hydrogen-bond acceptors (Lipinski definition) is 4. The first-order chi connectivity index (χ1) is 14.8. The van der Waals surface area contributed by atoms with Crippen LogP contribution in [-0.2, 0) is 4.79 Å². The lowest BCUT2D eigenvalue weighted by atomic mass is 9.51. The lowest BCUT2D eigenvalue weighted by Crippen LogP contribution is -2.58. The molecule has 170 valence electrons. The molecular formula is C25H37N3O3. The molecule has 1 saturated heterocycles. The van der Waals surface area contributed by atoms with Gasteiger partial charge in [-0.25, -0.2) is 0 Å². The molecule has 3 fully saturated rings. The molecule has 0 spiro atoms. The SMILES string of the molecule is C[C@@H]1[C@@H]2[C@@H](O)[C@@H]([C@H](C)C(=O)N3CCCC3)CC[C@]2(C)CC[C@@H]1NC(=O)c1ccccn1. The summed E-state index contributed by atoms with van der Waals surface area (Å²) in [5.41, 5.74) is 0.479. The number of likely N-dealkylation sites (tertiary alicyclic amines) is 1. The Hall–Kier alpha value is -1.95. The van der Waals surface area contributed by atoms with Crippen LogP contribution in [0, 0.1) is 29.1 Å². The largest absolute Gasteiger partial charge is 0.392 e. The highest BCUT2D eigenvalue weighted by Gasteiger charge is 2.54. The van der Waals surface area contributed by atoms with Crippen molar-refractivity contribution < 1.29 is 14.7 Å². The van der Waals surface area contributed by atoms with E-state index in [4.69, 9.17) is 0 Å². The smallest absolute Gasteiger partial charge is 0.270 e. The van der Waals surface area contributed by atoms with Gasteiger partial charge in [0.25, 0.3) is 5.91 Å². The van der Waals surface area contributed by atoms with Gasteiger partial charge in [-0.05, 0) is 73.8 Å². The highest BCUT2D eigenvalue weighted by Crippen LogP contribution is 2.55. The van der Waals surface area contributed by atoms with Gasteiger partial charge in [-0.1, -0.05) is 26.8 Å². The van der Waals surface area contributed by atoms with Gasteiger partial charge in [-0.2, -0.15) is 0 Å². The molecule has 2 N–H and O–H groups in total. The summed E-state index contributed by atoms with van der Waals surface area (Å²) < 4.78 is 0. The molecule has 2 aliphatic carbocycles. The van der Waals surface area contributed by atoms with Crippen LogP contribution >= 0.6 is 0 Å². The molecule has 1 aromatic rings. The van der Waals surface area contributed by atoms with Crippen molar-refractivity contribution in [3.05, 3.63) is 30.1 Å². The molecule has 31 heavy (non-hydrogen) atoms. The van der Waals surface area contributed by atoms with Crippen LogP contribution in [0.1, 0.15) is 69.8 Å². The van der Waals surface area contributed by atoms with Gasteiger partial charge in [-0.3, -0.25) is 14.6 Å². The van der Waals surface area contributed by atoms with Crippen molar-refractivity contribution in [3.8, 4) is 0 Å². The van der Waals surface area contributed by atoms with E-state index in [1.165, 1.54) is 0 Å². The van der Waals surface area contributed by atoms with Crippen LogP contribution < -0.4 is 5.32 Å². The number of carbonyl (C=O) groups excluding carboxylic acids is 2. The average molecular weight is 428 g/mol. The summed E-state index contributed by atoms with van der Waals surface area (Å²) in [5, 5.41) is 14.7. The first kappa shape index (κ1) is 22.3. The highest BCUT2D eigenvalue weighted by molar-refractivity contribution is 5.92. The molecule has 2 heterocycles. The highest BCUT2D eigenvalue weighted by atomic mass is 16.3. The topological polar surface area (TPSA) is 82.5 Å². The second-order valence-corrected chi connectivity index (χ2v) is 10.4. The van der Waals surface area contributed by atoms with E-state index < -0.39 is 6.10 Å². The Morgan fingerprint density at radius 1 is 1.23 bits per heavy atom. The van der Waals surface area contributed by atoms with E-state index in [9.17, 15) is 14.7 Å². The lowest BCUT2D eigenvalue weighted by molar-refractivity contribution is -0.149.